The first-order valence-electron chi connectivity index (χ1n) is 4.58. The normalized spacial score (nSPS) is 22.1. The Labute approximate surface area is 76.0 Å². The quantitative estimate of drug-likeness (QED) is 0.373. The molecule has 1 saturated carbocycles. The number of hydrogen-bond donors (Lipinski definition) is 0. The second-order valence-corrected chi connectivity index (χ2v) is 3.52. The zero-order valence-electron chi connectivity index (χ0n) is 7.43. The molecular formula is C9H13F2NO. The monoisotopic (exact) mass is 189 g/mol. The fraction of sp³-hybridized carbons (Fsp3) is 0.889. The Hall–Kier alpha value is -0.760. The van der Waals surface area contributed by atoms with Crippen LogP contribution in [-0.2, 0) is 4.79 Å². The Morgan fingerprint density at radius 1 is 1.15 bits per heavy atom. The lowest BCUT2D eigenvalue weighted by molar-refractivity contribution is 0.0460. The van der Waals surface area contributed by atoms with Crippen molar-refractivity contribution >= 4 is 6.08 Å². The van der Waals surface area contributed by atoms with Crippen molar-refractivity contribution in [3.05, 3.63) is 0 Å². The molecule has 0 saturated heterocycles. The lowest BCUT2D eigenvalue weighted by atomic mass is 9.92. The van der Waals surface area contributed by atoms with Gasteiger partial charge < -0.3 is 0 Å². The van der Waals surface area contributed by atoms with E-state index in [1.165, 1.54) is 6.08 Å². The van der Waals surface area contributed by atoms with E-state index in [4.69, 9.17) is 0 Å². The minimum atomic E-state index is -2.54. The summed E-state index contributed by atoms with van der Waals surface area (Å²) in [5.41, 5.74) is -1.42. The van der Waals surface area contributed by atoms with Crippen LogP contribution in [0.4, 0.5) is 8.78 Å². The van der Waals surface area contributed by atoms with Gasteiger partial charge in [-0.2, -0.15) is 4.99 Å². The molecule has 1 aliphatic rings. The molecule has 0 aromatic heterocycles. The summed E-state index contributed by atoms with van der Waals surface area (Å²) in [4.78, 5) is 13.4. The fourth-order valence-corrected chi connectivity index (χ4v) is 1.81. The molecule has 1 rings (SSSR count). The van der Waals surface area contributed by atoms with Crippen molar-refractivity contribution < 1.29 is 13.6 Å². The maximum absolute atomic E-state index is 12.7. The molecule has 0 amide bonds. The third kappa shape index (κ3) is 2.34. The fourth-order valence-electron chi connectivity index (χ4n) is 1.81. The third-order valence-electron chi connectivity index (χ3n) is 2.64. The number of isocyanates is 1. The van der Waals surface area contributed by atoms with Gasteiger partial charge in [0.15, 0.2) is 0 Å². The zero-order chi connectivity index (χ0) is 9.73. The second-order valence-electron chi connectivity index (χ2n) is 3.52. The lowest BCUT2D eigenvalue weighted by Crippen LogP contribution is -2.34. The van der Waals surface area contributed by atoms with Crippen LogP contribution >= 0.6 is 0 Å². The van der Waals surface area contributed by atoms with Crippen molar-refractivity contribution in [2.24, 2.45) is 4.99 Å². The average Bonchev–Trinajstić information content (AvgIpc) is 2.31. The SMILES string of the molecule is O=C=NC1(C(F)F)CCCCCC1. The zero-order valence-corrected chi connectivity index (χ0v) is 7.43. The van der Waals surface area contributed by atoms with Gasteiger partial charge in [0.2, 0.25) is 6.08 Å². The first-order chi connectivity index (χ1) is 6.21. The summed E-state index contributed by atoms with van der Waals surface area (Å²) in [6, 6.07) is 0. The maximum Gasteiger partial charge on any atom is 0.264 e. The highest BCUT2D eigenvalue weighted by Gasteiger charge is 2.40. The van der Waals surface area contributed by atoms with Gasteiger partial charge in [-0.15, -0.1) is 0 Å². The Morgan fingerprint density at radius 2 is 1.69 bits per heavy atom. The molecule has 0 aliphatic heterocycles. The Morgan fingerprint density at radius 3 is 2.08 bits per heavy atom. The summed E-state index contributed by atoms with van der Waals surface area (Å²) in [5.74, 6) is 0. The number of hydrogen-bond acceptors (Lipinski definition) is 2. The first kappa shape index (κ1) is 10.3. The van der Waals surface area contributed by atoms with E-state index in [2.05, 4.69) is 4.99 Å². The van der Waals surface area contributed by atoms with Crippen LogP contribution in [0.2, 0.25) is 0 Å². The molecule has 0 atom stereocenters. The van der Waals surface area contributed by atoms with Gasteiger partial charge in [-0.1, -0.05) is 25.7 Å². The van der Waals surface area contributed by atoms with Crippen LogP contribution in [0.5, 0.6) is 0 Å². The third-order valence-corrected chi connectivity index (χ3v) is 2.64. The Bertz CT molecular complexity index is 204. The van der Waals surface area contributed by atoms with Gasteiger partial charge in [0, 0.05) is 0 Å². The lowest BCUT2D eigenvalue weighted by Gasteiger charge is -2.25. The Balaban J connectivity index is 2.79. The minimum Gasteiger partial charge on any atom is -0.211 e. The van der Waals surface area contributed by atoms with E-state index in [-0.39, 0.29) is 0 Å². The van der Waals surface area contributed by atoms with E-state index in [0.717, 1.165) is 25.7 Å². The van der Waals surface area contributed by atoms with Gasteiger partial charge in [0.05, 0.1) is 0 Å². The van der Waals surface area contributed by atoms with Gasteiger partial charge in [0.1, 0.15) is 5.54 Å². The molecule has 0 unspecified atom stereocenters. The summed E-state index contributed by atoms with van der Waals surface area (Å²) in [5, 5.41) is 0. The van der Waals surface area contributed by atoms with Crippen molar-refractivity contribution in [2.45, 2.75) is 50.5 Å². The molecule has 13 heavy (non-hydrogen) atoms. The van der Waals surface area contributed by atoms with E-state index < -0.39 is 12.0 Å². The van der Waals surface area contributed by atoms with Crippen molar-refractivity contribution in [2.75, 3.05) is 0 Å². The molecule has 74 valence electrons. The minimum absolute atomic E-state index is 0.319. The smallest absolute Gasteiger partial charge is 0.211 e. The van der Waals surface area contributed by atoms with Gasteiger partial charge in [-0.25, -0.2) is 13.6 Å². The molecule has 1 aliphatic carbocycles. The van der Waals surface area contributed by atoms with E-state index in [9.17, 15) is 13.6 Å². The van der Waals surface area contributed by atoms with Gasteiger partial charge in [-0.05, 0) is 12.8 Å². The largest absolute Gasteiger partial charge is 0.264 e. The van der Waals surface area contributed by atoms with Crippen molar-refractivity contribution in [3.63, 3.8) is 0 Å². The van der Waals surface area contributed by atoms with Crippen molar-refractivity contribution in [1.29, 1.82) is 0 Å². The molecule has 0 radical (unpaired) electrons. The summed E-state index contributed by atoms with van der Waals surface area (Å²) in [7, 11) is 0. The highest BCUT2D eigenvalue weighted by Crippen LogP contribution is 2.35. The molecule has 1 fully saturated rings. The Kier molecular flexibility index (Phi) is 3.55. The summed E-state index contributed by atoms with van der Waals surface area (Å²) in [6.45, 7) is 0. The van der Waals surface area contributed by atoms with Gasteiger partial charge >= 0.3 is 0 Å². The van der Waals surface area contributed by atoms with Crippen LogP contribution in [0.1, 0.15) is 38.5 Å². The van der Waals surface area contributed by atoms with Crippen LogP contribution < -0.4 is 0 Å². The highest BCUT2D eigenvalue weighted by molar-refractivity contribution is 5.35. The molecule has 0 heterocycles. The first-order valence-corrected chi connectivity index (χ1v) is 4.58. The van der Waals surface area contributed by atoms with Crippen LogP contribution in [0.15, 0.2) is 4.99 Å². The molecule has 0 bridgehead atoms. The molecule has 0 spiro atoms. The van der Waals surface area contributed by atoms with E-state index in [0.29, 0.717) is 12.8 Å². The standard InChI is InChI=1S/C9H13F2NO/c10-8(11)9(12-7-13)5-3-1-2-4-6-9/h8H,1-6H2. The van der Waals surface area contributed by atoms with Crippen LogP contribution in [0.25, 0.3) is 0 Å². The number of alkyl halides is 2. The molecule has 4 heteroatoms. The molecular weight excluding hydrogens is 176 g/mol. The second kappa shape index (κ2) is 4.47. The number of carbonyl (C=O) groups excluding carboxylic acids is 1. The summed E-state index contributed by atoms with van der Waals surface area (Å²) in [6.07, 6.45) is 2.77. The van der Waals surface area contributed by atoms with E-state index in [1.807, 2.05) is 0 Å². The van der Waals surface area contributed by atoms with Crippen LogP contribution in [-0.4, -0.2) is 18.0 Å². The predicted octanol–water partition coefficient (Wildman–Crippen LogP) is 2.68. The van der Waals surface area contributed by atoms with Gasteiger partial charge in [0.25, 0.3) is 6.43 Å². The number of halogens is 2. The number of aliphatic imine (C=N–C) groups is 1. The van der Waals surface area contributed by atoms with Crippen molar-refractivity contribution in [1.82, 2.24) is 0 Å². The number of nitrogens with zero attached hydrogens (tertiary/aromatic N) is 1. The van der Waals surface area contributed by atoms with Gasteiger partial charge in [-0.3, -0.25) is 0 Å². The predicted molar refractivity (Wildman–Crippen MR) is 44.6 cm³/mol. The van der Waals surface area contributed by atoms with E-state index in [1.54, 1.807) is 0 Å². The van der Waals surface area contributed by atoms with Crippen molar-refractivity contribution in [3.8, 4) is 0 Å². The molecule has 2 nitrogen and oxygen atoms in total. The maximum atomic E-state index is 12.7. The summed E-state index contributed by atoms with van der Waals surface area (Å²) < 4.78 is 25.3. The van der Waals surface area contributed by atoms with Crippen LogP contribution in [0, 0.1) is 0 Å². The molecule has 0 aromatic rings. The van der Waals surface area contributed by atoms with E-state index >= 15 is 0 Å². The van der Waals surface area contributed by atoms with Crippen LogP contribution in [0.3, 0.4) is 0 Å². The molecule has 0 N–H and O–H groups in total. The average molecular weight is 189 g/mol. The summed E-state index contributed by atoms with van der Waals surface area (Å²) >= 11 is 0. The highest BCUT2D eigenvalue weighted by atomic mass is 19.3. The number of rotatable bonds is 2. The topological polar surface area (TPSA) is 29.4 Å². The molecule has 0 aromatic carbocycles.